The first-order chi connectivity index (χ1) is 8.20. The Kier molecular flexibility index (Phi) is 3.38. The topological polar surface area (TPSA) is 36.7 Å². The zero-order valence-corrected chi connectivity index (χ0v) is 10.2. The quantitative estimate of drug-likeness (QED) is 0.632. The smallest absolute Gasteiger partial charge is 0.251 e. The second kappa shape index (κ2) is 4.95. The molecule has 1 N–H and O–H groups in total. The molecule has 0 saturated heterocycles. The van der Waals surface area contributed by atoms with E-state index in [2.05, 4.69) is 11.9 Å². The van der Waals surface area contributed by atoms with Gasteiger partial charge in [-0.1, -0.05) is 31.2 Å². The van der Waals surface area contributed by atoms with Gasteiger partial charge in [0.05, 0.1) is 0 Å². The summed E-state index contributed by atoms with van der Waals surface area (Å²) in [6.07, 6.45) is 4.72. The summed E-state index contributed by atoms with van der Waals surface area (Å²) in [7, 11) is 0. The molecule has 0 aliphatic rings. The molecule has 3 nitrogen and oxygen atoms in total. The Labute approximate surface area is 101 Å². The van der Waals surface area contributed by atoms with E-state index in [-0.39, 0.29) is 5.78 Å². The second-order valence-corrected chi connectivity index (χ2v) is 4.15. The van der Waals surface area contributed by atoms with Gasteiger partial charge in [-0.2, -0.15) is 0 Å². The highest BCUT2D eigenvalue weighted by atomic mass is 16.1. The van der Waals surface area contributed by atoms with E-state index in [0.717, 1.165) is 17.8 Å². The SMILES string of the molecule is CCc1ccc(C(=O)C[n+]2cc[nH]c2C)cc1. The third kappa shape index (κ3) is 2.61. The number of H-pyrrole nitrogens is 1. The summed E-state index contributed by atoms with van der Waals surface area (Å²) >= 11 is 0. The van der Waals surface area contributed by atoms with Crippen molar-refractivity contribution >= 4 is 5.78 Å². The zero-order chi connectivity index (χ0) is 12.3. The van der Waals surface area contributed by atoms with E-state index in [1.807, 2.05) is 48.1 Å². The normalized spacial score (nSPS) is 10.5. The molecule has 0 saturated carbocycles. The minimum Gasteiger partial charge on any atom is -0.290 e. The first kappa shape index (κ1) is 11.6. The molecule has 0 spiro atoms. The largest absolute Gasteiger partial charge is 0.290 e. The van der Waals surface area contributed by atoms with Crippen molar-refractivity contribution in [2.45, 2.75) is 26.8 Å². The van der Waals surface area contributed by atoms with Crippen molar-refractivity contribution in [3.05, 3.63) is 53.6 Å². The molecule has 88 valence electrons. The molecular formula is C14H17N2O+. The number of aromatic nitrogens is 2. The van der Waals surface area contributed by atoms with Crippen molar-refractivity contribution in [1.82, 2.24) is 4.98 Å². The van der Waals surface area contributed by atoms with Crippen LogP contribution in [0.3, 0.4) is 0 Å². The number of benzene rings is 1. The van der Waals surface area contributed by atoms with Crippen molar-refractivity contribution < 1.29 is 9.36 Å². The Hall–Kier alpha value is -1.90. The summed E-state index contributed by atoms with van der Waals surface area (Å²) in [4.78, 5) is 15.1. The summed E-state index contributed by atoms with van der Waals surface area (Å²) in [5, 5.41) is 0. The number of aromatic amines is 1. The van der Waals surface area contributed by atoms with E-state index >= 15 is 0 Å². The van der Waals surface area contributed by atoms with E-state index in [0.29, 0.717) is 6.54 Å². The van der Waals surface area contributed by atoms with Gasteiger partial charge >= 0.3 is 0 Å². The highest BCUT2D eigenvalue weighted by molar-refractivity contribution is 5.95. The van der Waals surface area contributed by atoms with E-state index in [4.69, 9.17) is 0 Å². The molecule has 0 bridgehead atoms. The van der Waals surface area contributed by atoms with Crippen LogP contribution in [0, 0.1) is 6.92 Å². The van der Waals surface area contributed by atoms with Crippen LogP contribution in [0.1, 0.15) is 28.7 Å². The van der Waals surface area contributed by atoms with E-state index < -0.39 is 0 Å². The molecule has 3 heteroatoms. The molecule has 2 rings (SSSR count). The fourth-order valence-corrected chi connectivity index (χ4v) is 1.79. The minimum absolute atomic E-state index is 0.139. The minimum atomic E-state index is 0.139. The molecule has 1 aromatic carbocycles. The fourth-order valence-electron chi connectivity index (χ4n) is 1.79. The van der Waals surface area contributed by atoms with Crippen molar-refractivity contribution in [3.63, 3.8) is 0 Å². The molecule has 0 aliphatic heterocycles. The van der Waals surface area contributed by atoms with Crippen molar-refractivity contribution in [1.29, 1.82) is 0 Å². The maximum atomic E-state index is 12.0. The first-order valence-corrected chi connectivity index (χ1v) is 5.86. The number of hydrogen-bond donors (Lipinski definition) is 1. The van der Waals surface area contributed by atoms with Gasteiger partial charge in [-0.15, -0.1) is 0 Å². The van der Waals surface area contributed by atoms with Gasteiger partial charge in [0.2, 0.25) is 5.78 Å². The highest BCUT2D eigenvalue weighted by Crippen LogP contribution is 2.06. The molecule has 0 unspecified atom stereocenters. The summed E-state index contributed by atoms with van der Waals surface area (Å²) < 4.78 is 1.91. The van der Waals surface area contributed by atoms with Crippen LogP contribution in [0.2, 0.25) is 0 Å². The molecule has 0 aliphatic carbocycles. The van der Waals surface area contributed by atoms with Crippen LogP contribution < -0.4 is 4.57 Å². The van der Waals surface area contributed by atoms with Gasteiger partial charge in [0.1, 0.15) is 12.4 Å². The molecule has 2 aromatic rings. The van der Waals surface area contributed by atoms with Gasteiger partial charge in [0.25, 0.3) is 5.82 Å². The Morgan fingerprint density at radius 3 is 2.53 bits per heavy atom. The van der Waals surface area contributed by atoms with E-state index in [1.165, 1.54) is 5.56 Å². The van der Waals surface area contributed by atoms with Crippen LogP contribution in [-0.4, -0.2) is 10.8 Å². The van der Waals surface area contributed by atoms with Crippen LogP contribution in [0.15, 0.2) is 36.7 Å². The van der Waals surface area contributed by atoms with Crippen LogP contribution in [-0.2, 0) is 13.0 Å². The lowest BCUT2D eigenvalue weighted by Gasteiger charge is -2.01. The average molecular weight is 229 g/mol. The highest BCUT2D eigenvalue weighted by Gasteiger charge is 2.12. The number of nitrogens with one attached hydrogen (secondary N) is 1. The standard InChI is InChI=1S/C14H16N2O/c1-3-12-4-6-13(7-5-12)14(17)10-16-9-8-15-11(16)2/h4-9H,3,10H2,1-2H3/p+1. The number of aryl methyl sites for hydroxylation is 2. The van der Waals surface area contributed by atoms with Crippen LogP contribution in [0.4, 0.5) is 0 Å². The van der Waals surface area contributed by atoms with Crippen molar-refractivity contribution in [3.8, 4) is 0 Å². The summed E-state index contributed by atoms with van der Waals surface area (Å²) in [5.41, 5.74) is 2.03. The van der Waals surface area contributed by atoms with Gasteiger partial charge in [-0.25, -0.2) is 9.55 Å². The maximum Gasteiger partial charge on any atom is 0.251 e. The molecule has 0 radical (unpaired) electrons. The molecule has 1 heterocycles. The zero-order valence-electron chi connectivity index (χ0n) is 10.2. The first-order valence-electron chi connectivity index (χ1n) is 5.86. The molecule has 1 aromatic heterocycles. The van der Waals surface area contributed by atoms with Crippen LogP contribution in [0.25, 0.3) is 0 Å². The Balaban J connectivity index is 2.12. The predicted octanol–water partition coefficient (Wildman–Crippen LogP) is 2.06. The number of imidazole rings is 1. The van der Waals surface area contributed by atoms with Gasteiger partial charge in [-0.05, 0) is 12.0 Å². The van der Waals surface area contributed by atoms with Gasteiger partial charge in [0.15, 0.2) is 6.54 Å². The number of rotatable bonds is 4. The molecule has 17 heavy (non-hydrogen) atoms. The second-order valence-electron chi connectivity index (χ2n) is 4.15. The summed E-state index contributed by atoms with van der Waals surface area (Å²) in [5.74, 6) is 1.13. The Morgan fingerprint density at radius 2 is 2.00 bits per heavy atom. The number of carbonyl (C=O) groups is 1. The molecule has 0 atom stereocenters. The lowest BCUT2D eigenvalue weighted by Crippen LogP contribution is -2.38. The summed E-state index contributed by atoms with van der Waals surface area (Å²) in [6, 6.07) is 7.84. The Bertz CT molecular complexity index is 511. The van der Waals surface area contributed by atoms with Gasteiger partial charge in [0, 0.05) is 12.5 Å². The van der Waals surface area contributed by atoms with Crippen LogP contribution in [0.5, 0.6) is 0 Å². The van der Waals surface area contributed by atoms with Crippen molar-refractivity contribution in [2.75, 3.05) is 0 Å². The van der Waals surface area contributed by atoms with E-state index in [1.54, 1.807) is 0 Å². The lowest BCUT2D eigenvalue weighted by molar-refractivity contribution is -0.687. The van der Waals surface area contributed by atoms with Gasteiger partial charge in [-0.3, -0.25) is 4.79 Å². The number of carbonyl (C=O) groups excluding carboxylic acids is 1. The number of Topliss-reactive ketones (excluding diaryl/α,β-unsaturated/α-hetero) is 1. The lowest BCUT2D eigenvalue weighted by atomic mass is 10.1. The molecule has 0 fully saturated rings. The van der Waals surface area contributed by atoms with E-state index in [9.17, 15) is 4.79 Å². The number of ketones is 1. The van der Waals surface area contributed by atoms with Crippen molar-refractivity contribution in [2.24, 2.45) is 0 Å². The maximum absolute atomic E-state index is 12.0. The fraction of sp³-hybridized carbons (Fsp3) is 0.286. The van der Waals surface area contributed by atoms with Crippen LogP contribution >= 0.6 is 0 Å². The Morgan fingerprint density at radius 1 is 1.29 bits per heavy atom. The van der Waals surface area contributed by atoms with Gasteiger partial charge < -0.3 is 0 Å². The molecule has 0 amide bonds. The number of nitrogens with zero attached hydrogens (tertiary/aromatic N) is 1. The average Bonchev–Trinajstić information content (AvgIpc) is 2.75. The third-order valence-corrected chi connectivity index (χ3v) is 2.98. The number of hydrogen-bond acceptors (Lipinski definition) is 1. The predicted molar refractivity (Wildman–Crippen MR) is 65.9 cm³/mol. The molecular weight excluding hydrogens is 212 g/mol. The monoisotopic (exact) mass is 229 g/mol. The summed E-state index contributed by atoms with van der Waals surface area (Å²) in [6.45, 7) is 4.45. The third-order valence-electron chi connectivity index (χ3n) is 2.98.